The van der Waals surface area contributed by atoms with Gasteiger partial charge in [0.15, 0.2) is 0 Å². The van der Waals surface area contributed by atoms with E-state index in [1.165, 1.54) is 24.3 Å². The molecule has 0 aliphatic carbocycles. The van der Waals surface area contributed by atoms with Crippen molar-refractivity contribution in [2.24, 2.45) is 0 Å². The molecule has 0 spiro atoms. The van der Waals surface area contributed by atoms with Gasteiger partial charge in [0.25, 0.3) is 0 Å². The van der Waals surface area contributed by atoms with E-state index in [0.29, 0.717) is 21.2 Å². The molecule has 0 bridgehead atoms. The van der Waals surface area contributed by atoms with Gasteiger partial charge in [0.1, 0.15) is 40.5 Å². The predicted octanol–water partition coefficient (Wildman–Crippen LogP) is -10.3. The summed E-state index contributed by atoms with van der Waals surface area (Å²) < 4.78 is 143. The molecule has 246 valence electrons. The van der Waals surface area contributed by atoms with E-state index >= 15 is 0 Å². The number of hydrogen-bond donors (Lipinski definition) is 0. The fourth-order valence-electron chi connectivity index (χ4n) is 4.83. The van der Waals surface area contributed by atoms with E-state index in [1.54, 1.807) is 38.1 Å². The molecule has 12 nitrogen and oxygen atoms in total. The molecule has 2 atom stereocenters. The molecule has 0 N–H and O–H groups in total. The molecule has 0 amide bonds. The zero-order valence-corrected chi connectivity index (χ0v) is 40.9. The molecule has 22 heteroatoms. The topological polar surface area (TPSA) is 229 Å². The molecule has 50 heavy (non-hydrogen) atoms. The Morgan fingerprint density at radius 3 is 0.740 bits per heavy atom. The van der Waals surface area contributed by atoms with Crippen molar-refractivity contribution in [1.29, 1.82) is 0 Å². The summed E-state index contributed by atoms with van der Waals surface area (Å²) in [7, 11) is -23.3. The summed E-state index contributed by atoms with van der Waals surface area (Å²) in [6, 6.07) is 20.6. The van der Waals surface area contributed by atoms with Crippen LogP contribution >= 0.6 is 15.8 Å². The van der Waals surface area contributed by atoms with Crippen molar-refractivity contribution in [3.8, 4) is 0 Å². The first-order chi connectivity index (χ1) is 21.2. The van der Waals surface area contributed by atoms with E-state index in [4.69, 9.17) is 0 Å². The maximum Gasteiger partial charge on any atom is 1.00 e. The zero-order chi connectivity index (χ0) is 34.2. The molecule has 0 aliphatic heterocycles. The van der Waals surface area contributed by atoms with Crippen LogP contribution in [0.1, 0.15) is 13.8 Å². The molecule has 0 saturated carbocycles. The van der Waals surface area contributed by atoms with Gasteiger partial charge >= 0.3 is 118 Å². The average Bonchev–Trinajstić information content (AvgIpc) is 2.96. The molecule has 4 aromatic rings. The fourth-order valence-corrected chi connectivity index (χ4v) is 13.5. The Kier molecular flexibility index (Phi) is 21.1. The summed E-state index contributed by atoms with van der Waals surface area (Å²) in [6.07, 6.45) is 0. The van der Waals surface area contributed by atoms with Gasteiger partial charge in [-0.2, -0.15) is 0 Å². The van der Waals surface area contributed by atoms with Crippen molar-refractivity contribution in [2.75, 3.05) is 0 Å². The van der Waals surface area contributed by atoms with Crippen LogP contribution in [0.2, 0.25) is 0 Å². The van der Waals surface area contributed by atoms with E-state index in [-0.39, 0.29) is 118 Å². The predicted molar refractivity (Wildman–Crippen MR) is 169 cm³/mol. The smallest absolute Gasteiger partial charge is 0.744 e. The van der Waals surface area contributed by atoms with Crippen molar-refractivity contribution < 1.29 is 170 Å². The Labute approximate surface area is 383 Å². The van der Waals surface area contributed by atoms with Crippen LogP contribution in [0.15, 0.2) is 117 Å². The standard InChI is InChI=1S/C28H28O12P2S4.4Na/c1-19(41(21-7-3-11-25(15-21)43(29,30)31)22-8-4-12-26(16-22)44(32,33)34)20(2)42(23-9-5-13-27(17-23)45(35,36)37)24-10-6-14-28(18-24)46(38,39)40;;;;/h3-20H,1-2H3,(H,29,30,31)(H,32,33,34)(H,35,36,37)(H,38,39,40);;;;/q;4*+1/p-4. The molecular weight excluding hydrogens is 810 g/mol. The molecule has 0 aromatic heterocycles. The van der Waals surface area contributed by atoms with Crippen LogP contribution in [0.3, 0.4) is 0 Å². The number of hydrogen-bond acceptors (Lipinski definition) is 12. The minimum atomic E-state index is -4.91. The molecular formula is C28H24Na4O12P2S4. The molecule has 0 fully saturated rings. The second-order valence-electron chi connectivity index (χ2n) is 10.0. The largest absolute Gasteiger partial charge is 1.00 e. The van der Waals surface area contributed by atoms with Gasteiger partial charge < -0.3 is 18.2 Å². The van der Waals surface area contributed by atoms with Gasteiger partial charge in [-0.05, 0) is 96.9 Å². The van der Waals surface area contributed by atoms with Crippen molar-refractivity contribution in [3.63, 3.8) is 0 Å². The van der Waals surface area contributed by atoms with Crippen LogP contribution in [0.5, 0.6) is 0 Å². The van der Waals surface area contributed by atoms with Gasteiger partial charge in [-0.3, -0.25) is 0 Å². The maximum absolute atomic E-state index is 11.9. The average molecular weight is 835 g/mol. The van der Waals surface area contributed by atoms with E-state index < -0.39 is 87.2 Å². The Morgan fingerprint density at radius 2 is 0.580 bits per heavy atom. The van der Waals surface area contributed by atoms with E-state index in [1.807, 2.05) is 0 Å². The second kappa shape index (κ2) is 20.5. The third-order valence-electron chi connectivity index (χ3n) is 7.05. The first-order valence-corrected chi connectivity index (χ1v) is 21.5. The van der Waals surface area contributed by atoms with Gasteiger partial charge in [0.05, 0.1) is 19.6 Å². The third kappa shape index (κ3) is 13.3. The van der Waals surface area contributed by atoms with Gasteiger partial charge in [-0.15, -0.1) is 0 Å². The second-order valence-corrected chi connectivity index (χ2v) is 20.7. The minimum absolute atomic E-state index is 0. The SMILES string of the molecule is CC(C(C)P(c1cccc(S(=O)(=O)[O-])c1)c1cccc(S(=O)(=O)[O-])c1)P(c1cccc(S(=O)(=O)[O-])c1)c1cccc(S(=O)(=O)[O-])c1.[Na+].[Na+].[Na+].[Na+]. The Bertz CT molecular complexity index is 1930. The van der Waals surface area contributed by atoms with Gasteiger partial charge in [-0.1, -0.05) is 62.4 Å². The molecule has 0 aliphatic rings. The summed E-state index contributed by atoms with van der Waals surface area (Å²) in [5.41, 5.74) is -1.18. The third-order valence-corrected chi connectivity index (χ3v) is 16.5. The maximum atomic E-state index is 11.9. The quantitative estimate of drug-likeness (QED) is 0.0780. The molecule has 0 radical (unpaired) electrons. The molecule has 4 rings (SSSR count). The first-order valence-electron chi connectivity index (χ1n) is 13.0. The minimum Gasteiger partial charge on any atom is -0.744 e. The summed E-state index contributed by atoms with van der Waals surface area (Å²) in [5, 5.41) is 1.31. The summed E-state index contributed by atoms with van der Waals surface area (Å²) in [5.74, 6) is 0. The Morgan fingerprint density at radius 1 is 0.400 bits per heavy atom. The number of rotatable bonds is 11. The first kappa shape index (κ1) is 51.4. The van der Waals surface area contributed by atoms with Crippen LogP contribution < -0.4 is 139 Å². The normalized spacial score (nSPS) is 13.2. The molecule has 0 saturated heterocycles. The van der Waals surface area contributed by atoms with Gasteiger partial charge in [0.2, 0.25) is 0 Å². The Hall–Kier alpha value is 1.38. The summed E-state index contributed by atoms with van der Waals surface area (Å²) >= 11 is 0. The van der Waals surface area contributed by atoms with Crippen molar-refractivity contribution in [3.05, 3.63) is 97.1 Å². The van der Waals surface area contributed by atoms with E-state index in [9.17, 15) is 51.9 Å². The van der Waals surface area contributed by atoms with Crippen molar-refractivity contribution >= 4 is 77.5 Å². The van der Waals surface area contributed by atoms with Crippen LogP contribution in [-0.4, -0.2) is 63.2 Å². The van der Waals surface area contributed by atoms with Crippen LogP contribution in [-0.2, 0) is 40.5 Å². The molecule has 4 aromatic carbocycles. The van der Waals surface area contributed by atoms with E-state index in [2.05, 4.69) is 0 Å². The van der Waals surface area contributed by atoms with Gasteiger partial charge in [-0.25, -0.2) is 33.7 Å². The van der Waals surface area contributed by atoms with Crippen molar-refractivity contribution in [1.82, 2.24) is 0 Å². The van der Waals surface area contributed by atoms with Crippen LogP contribution in [0, 0.1) is 0 Å². The van der Waals surface area contributed by atoms with Crippen LogP contribution in [0.25, 0.3) is 0 Å². The van der Waals surface area contributed by atoms with Crippen molar-refractivity contribution in [2.45, 2.75) is 44.7 Å². The fraction of sp³-hybridized carbons (Fsp3) is 0.143. The molecule has 0 heterocycles. The number of benzene rings is 4. The van der Waals surface area contributed by atoms with E-state index in [0.717, 1.165) is 48.5 Å². The van der Waals surface area contributed by atoms with Gasteiger partial charge in [0, 0.05) is 0 Å². The Balaban J connectivity index is 0.00000600. The summed E-state index contributed by atoms with van der Waals surface area (Å²) in [4.78, 5) is -2.19. The zero-order valence-electron chi connectivity index (χ0n) is 27.8. The van der Waals surface area contributed by atoms with Crippen LogP contribution in [0.4, 0.5) is 0 Å². The summed E-state index contributed by atoms with van der Waals surface area (Å²) in [6.45, 7) is 3.48. The monoisotopic (exact) mass is 834 g/mol. The molecule has 2 unspecified atom stereocenters.